The van der Waals surface area contributed by atoms with Crippen LogP contribution in [0.4, 0.5) is 0 Å². The van der Waals surface area contributed by atoms with Crippen molar-refractivity contribution in [2.45, 2.75) is 32.6 Å². The molecule has 6 nitrogen and oxygen atoms in total. The van der Waals surface area contributed by atoms with Gasteiger partial charge in [0, 0.05) is 19.5 Å². The maximum Gasteiger partial charge on any atom is 0.286 e. The van der Waals surface area contributed by atoms with E-state index in [4.69, 9.17) is 0 Å². The molecule has 1 aromatic heterocycles. The molecule has 7 heteroatoms. The van der Waals surface area contributed by atoms with Gasteiger partial charge in [0.25, 0.3) is 5.91 Å². The highest BCUT2D eigenvalue weighted by Gasteiger charge is 2.34. The van der Waals surface area contributed by atoms with Gasteiger partial charge in [-0.1, -0.05) is 28.8 Å². The smallest absolute Gasteiger partial charge is 0.273 e. The summed E-state index contributed by atoms with van der Waals surface area (Å²) < 4.78 is 3.83. The van der Waals surface area contributed by atoms with Crippen LogP contribution in [0.25, 0.3) is 0 Å². The number of nitrogens with zero attached hydrogens (tertiary/aromatic N) is 4. The lowest BCUT2D eigenvalue weighted by Gasteiger charge is -2.28. The fourth-order valence-electron chi connectivity index (χ4n) is 3.77. The van der Waals surface area contributed by atoms with Gasteiger partial charge < -0.3 is 0 Å². The predicted molar refractivity (Wildman–Crippen MR) is 94.0 cm³/mol. The van der Waals surface area contributed by atoms with E-state index in [1.807, 2.05) is 0 Å². The van der Waals surface area contributed by atoms with E-state index in [0.717, 1.165) is 30.8 Å². The van der Waals surface area contributed by atoms with E-state index >= 15 is 0 Å². The number of rotatable bonds is 3. The molecular weight excluding hydrogens is 336 g/mol. The molecule has 25 heavy (non-hydrogen) atoms. The van der Waals surface area contributed by atoms with Crippen molar-refractivity contribution >= 4 is 23.3 Å². The lowest BCUT2D eigenvalue weighted by molar-refractivity contribution is -0.141. The van der Waals surface area contributed by atoms with Gasteiger partial charge in [-0.15, -0.1) is 5.10 Å². The summed E-state index contributed by atoms with van der Waals surface area (Å²) in [6.07, 6.45) is 3.19. The number of aromatic nitrogens is 2. The highest BCUT2D eigenvalue weighted by molar-refractivity contribution is 7.07. The second kappa shape index (κ2) is 6.55. The molecule has 130 valence electrons. The number of benzene rings is 1. The molecule has 1 aromatic carbocycles. The first-order chi connectivity index (χ1) is 12.1. The fourth-order valence-corrected chi connectivity index (χ4v) is 4.38. The molecule has 0 atom stereocenters. The zero-order chi connectivity index (χ0) is 17.4. The van der Waals surface area contributed by atoms with Gasteiger partial charge in [-0.25, -0.2) is 5.01 Å². The predicted octanol–water partition coefficient (Wildman–Crippen LogP) is 2.24. The number of amides is 2. The highest BCUT2D eigenvalue weighted by Crippen LogP contribution is 2.30. The SMILES string of the molecule is Cc1nnsc1C(=O)N1CCCN1C(=O)CC1Cc2ccccc2C1. The average molecular weight is 356 g/mol. The van der Waals surface area contributed by atoms with Crippen LogP contribution in [0, 0.1) is 12.8 Å². The van der Waals surface area contributed by atoms with Crippen LogP contribution >= 0.6 is 11.5 Å². The van der Waals surface area contributed by atoms with Crippen LogP contribution < -0.4 is 0 Å². The van der Waals surface area contributed by atoms with Crippen molar-refractivity contribution in [2.75, 3.05) is 13.1 Å². The summed E-state index contributed by atoms with van der Waals surface area (Å²) in [4.78, 5) is 26.1. The first-order valence-corrected chi connectivity index (χ1v) is 9.38. The summed E-state index contributed by atoms with van der Waals surface area (Å²) in [5.41, 5.74) is 3.32. The summed E-state index contributed by atoms with van der Waals surface area (Å²) in [6.45, 7) is 2.96. The molecule has 0 unspecified atom stereocenters. The number of carbonyl (C=O) groups is 2. The van der Waals surface area contributed by atoms with E-state index in [1.165, 1.54) is 11.1 Å². The van der Waals surface area contributed by atoms with E-state index in [0.29, 0.717) is 36.0 Å². The Balaban J connectivity index is 1.43. The van der Waals surface area contributed by atoms with E-state index in [2.05, 4.69) is 33.9 Å². The average Bonchev–Trinajstić information content (AvgIpc) is 3.32. The Kier molecular flexibility index (Phi) is 4.25. The lowest BCUT2D eigenvalue weighted by Crippen LogP contribution is -2.45. The fraction of sp³-hybridized carbons (Fsp3) is 0.444. The summed E-state index contributed by atoms with van der Waals surface area (Å²) in [7, 11) is 0. The van der Waals surface area contributed by atoms with Crippen molar-refractivity contribution in [1.82, 2.24) is 19.6 Å². The van der Waals surface area contributed by atoms with Gasteiger partial charge in [-0.2, -0.15) is 0 Å². The van der Waals surface area contributed by atoms with Crippen molar-refractivity contribution < 1.29 is 9.59 Å². The van der Waals surface area contributed by atoms with Crippen LogP contribution in [0.5, 0.6) is 0 Å². The third-order valence-corrected chi connectivity index (χ3v) is 5.81. The Hall–Kier alpha value is -2.28. The van der Waals surface area contributed by atoms with Crippen LogP contribution in [-0.4, -0.2) is 44.5 Å². The Morgan fingerprint density at radius 2 is 1.84 bits per heavy atom. The molecule has 1 aliphatic carbocycles. The number of hydrogen-bond acceptors (Lipinski definition) is 5. The molecule has 0 N–H and O–H groups in total. The molecule has 0 bridgehead atoms. The second-order valence-corrected chi connectivity index (χ2v) is 7.49. The van der Waals surface area contributed by atoms with E-state index in [9.17, 15) is 9.59 Å². The van der Waals surface area contributed by atoms with E-state index in [-0.39, 0.29) is 11.8 Å². The van der Waals surface area contributed by atoms with Gasteiger partial charge in [0.15, 0.2) is 0 Å². The first-order valence-electron chi connectivity index (χ1n) is 8.61. The summed E-state index contributed by atoms with van der Waals surface area (Å²) in [6, 6.07) is 8.39. The molecule has 1 aliphatic heterocycles. The molecule has 0 saturated carbocycles. The van der Waals surface area contributed by atoms with E-state index in [1.54, 1.807) is 16.9 Å². The molecule has 2 aromatic rings. The molecule has 2 amide bonds. The lowest BCUT2D eigenvalue weighted by atomic mass is 10.0. The van der Waals surface area contributed by atoms with Gasteiger partial charge >= 0.3 is 0 Å². The Morgan fingerprint density at radius 1 is 1.16 bits per heavy atom. The van der Waals surface area contributed by atoms with Crippen molar-refractivity contribution in [3.63, 3.8) is 0 Å². The minimum atomic E-state index is -0.159. The molecular formula is C18H20N4O2S. The van der Waals surface area contributed by atoms with Gasteiger partial charge in [0.1, 0.15) is 4.88 Å². The van der Waals surface area contributed by atoms with Gasteiger partial charge in [-0.05, 0) is 54.8 Å². The van der Waals surface area contributed by atoms with Crippen LogP contribution in [0.1, 0.15) is 39.3 Å². The quantitative estimate of drug-likeness (QED) is 0.846. The Labute approximate surface area is 150 Å². The number of aryl methyl sites for hydroxylation is 1. The normalized spacial score (nSPS) is 17.2. The van der Waals surface area contributed by atoms with Gasteiger partial charge in [-0.3, -0.25) is 14.6 Å². The summed E-state index contributed by atoms with van der Waals surface area (Å²) >= 11 is 1.09. The summed E-state index contributed by atoms with van der Waals surface area (Å²) in [5.74, 6) is 0.209. The zero-order valence-corrected chi connectivity index (χ0v) is 15.0. The highest BCUT2D eigenvalue weighted by atomic mass is 32.1. The van der Waals surface area contributed by atoms with Crippen LogP contribution in [0.2, 0.25) is 0 Å². The molecule has 1 fully saturated rings. The Morgan fingerprint density at radius 3 is 2.48 bits per heavy atom. The molecule has 2 heterocycles. The van der Waals surface area contributed by atoms with Crippen molar-refractivity contribution in [1.29, 1.82) is 0 Å². The minimum Gasteiger partial charge on any atom is -0.273 e. The van der Waals surface area contributed by atoms with Crippen LogP contribution in [0.15, 0.2) is 24.3 Å². The van der Waals surface area contributed by atoms with E-state index < -0.39 is 0 Å². The molecule has 1 saturated heterocycles. The van der Waals surface area contributed by atoms with Gasteiger partial charge in [0.2, 0.25) is 5.91 Å². The standard InChI is InChI=1S/C18H20N4O2S/c1-12-17(25-20-19-12)18(24)22-8-4-7-21(22)16(23)11-13-9-14-5-2-3-6-15(14)10-13/h2-3,5-6,13H,4,7-11H2,1H3. The van der Waals surface area contributed by atoms with Crippen LogP contribution in [0.3, 0.4) is 0 Å². The monoisotopic (exact) mass is 356 g/mol. The third-order valence-electron chi connectivity index (χ3n) is 5.00. The molecule has 4 rings (SSSR count). The molecule has 0 spiro atoms. The zero-order valence-electron chi connectivity index (χ0n) is 14.1. The Bertz CT molecular complexity index is 794. The van der Waals surface area contributed by atoms with Crippen molar-refractivity contribution in [2.24, 2.45) is 5.92 Å². The number of hydrogen-bond donors (Lipinski definition) is 0. The van der Waals surface area contributed by atoms with Crippen molar-refractivity contribution in [3.05, 3.63) is 46.0 Å². The largest absolute Gasteiger partial charge is 0.286 e. The number of carbonyl (C=O) groups excluding carboxylic acids is 2. The first kappa shape index (κ1) is 16.2. The number of fused-ring (bicyclic) bond motifs is 1. The third kappa shape index (κ3) is 3.04. The van der Waals surface area contributed by atoms with Crippen molar-refractivity contribution in [3.8, 4) is 0 Å². The van der Waals surface area contributed by atoms with Crippen LogP contribution in [-0.2, 0) is 17.6 Å². The maximum atomic E-state index is 12.8. The molecule has 2 aliphatic rings. The second-order valence-electron chi connectivity index (χ2n) is 6.73. The topological polar surface area (TPSA) is 66.4 Å². The van der Waals surface area contributed by atoms with Gasteiger partial charge in [0.05, 0.1) is 5.69 Å². The summed E-state index contributed by atoms with van der Waals surface area (Å²) in [5, 5.41) is 7.11. The number of hydrazine groups is 1. The molecule has 0 radical (unpaired) electrons. The minimum absolute atomic E-state index is 0.0405. The maximum absolute atomic E-state index is 12.8.